The first-order valence-corrected chi connectivity index (χ1v) is 5.73. The third kappa shape index (κ3) is 2.82. The van der Waals surface area contributed by atoms with Crippen molar-refractivity contribution in [3.63, 3.8) is 0 Å². The average molecular weight is 262 g/mol. The summed E-state index contributed by atoms with van der Waals surface area (Å²) in [6.07, 6.45) is 1.24. The van der Waals surface area contributed by atoms with Crippen molar-refractivity contribution in [3.05, 3.63) is 46.4 Å². The van der Waals surface area contributed by atoms with Crippen LogP contribution in [0.5, 0.6) is 5.75 Å². The number of anilines is 1. The molecule has 0 aliphatic rings. The van der Waals surface area contributed by atoms with Crippen LogP contribution in [0.4, 0.5) is 11.5 Å². The number of benzene rings is 1. The molecule has 0 radical (unpaired) electrons. The molecule has 7 nitrogen and oxygen atoms in total. The van der Waals surface area contributed by atoms with Crippen molar-refractivity contribution in [2.75, 3.05) is 12.3 Å². The van der Waals surface area contributed by atoms with Crippen molar-refractivity contribution in [1.29, 1.82) is 0 Å². The number of para-hydroxylation sites is 2. The summed E-state index contributed by atoms with van der Waals surface area (Å²) in [7, 11) is 0. The second-order valence-electron chi connectivity index (χ2n) is 3.96. The van der Waals surface area contributed by atoms with Crippen LogP contribution in [-0.2, 0) is 6.54 Å². The molecular weight excluding hydrogens is 248 g/mol. The lowest BCUT2D eigenvalue weighted by atomic mass is 10.3. The van der Waals surface area contributed by atoms with Crippen molar-refractivity contribution in [2.24, 2.45) is 0 Å². The maximum Gasteiger partial charge on any atom is 0.342 e. The fourth-order valence-corrected chi connectivity index (χ4v) is 1.74. The lowest BCUT2D eigenvalue weighted by molar-refractivity contribution is -0.392. The molecule has 0 spiro atoms. The lowest BCUT2D eigenvalue weighted by Crippen LogP contribution is -2.12. The van der Waals surface area contributed by atoms with Gasteiger partial charge in [0.1, 0.15) is 25.1 Å². The van der Waals surface area contributed by atoms with Gasteiger partial charge in [0.2, 0.25) is 0 Å². The fraction of sp³-hybridized carbons (Fsp3) is 0.250. The molecule has 0 unspecified atom stereocenters. The zero-order valence-electron chi connectivity index (χ0n) is 10.4. The molecule has 2 aromatic rings. The van der Waals surface area contributed by atoms with E-state index in [0.29, 0.717) is 23.8 Å². The van der Waals surface area contributed by atoms with E-state index in [-0.39, 0.29) is 12.4 Å². The first-order valence-electron chi connectivity index (χ1n) is 5.73. The predicted molar refractivity (Wildman–Crippen MR) is 70.0 cm³/mol. The van der Waals surface area contributed by atoms with E-state index < -0.39 is 4.92 Å². The number of nitrogen functional groups attached to an aromatic ring is 1. The largest absolute Gasteiger partial charge is 0.487 e. The van der Waals surface area contributed by atoms with Crippen molar-refractivity contribution in [2.45, 2.75) is 13.5 Å². The standard InChI is InChI=1S/C12H14N4O3/c1-9-14-8-12(16(17)18)15(9)6-7-19-11-5-3-2-4-10(11)13/h2-5,8H,6-7,13H2,1H3. The van der Waals surface area contributed by atoms with Crippen molar-refractivity contribution >= 4 is 11.5 Å². The Kier molecular flexibility index (Phi) is 3.65. The number of ether oxygens (including phenoxy) is 1. The van der Waals surface area contributed by atoms with Crippen molar-refractivity contribution in [1.82, 2.24) is 9.55 Å². The number of imidazole rings is 1. The molecule has 0 atom stereocenters. The van der Waals surface area contributed by atoms with E-state index in [1.165, 1.54) is 10.8 Å². The van der Waals surface area contributed by atoms with Crippen LogP contribution in [0, 0.1) is 17.0 Å². The van der Waals surface area contributed by atoms with Gasteiger partial charge < -0.3 is 20.6 Å². The minimum absolute atomic E-state index is 0.0397. The smallest absolute Gasteiger partial charge is 0.342 e. The summed E-state index contributed by atoms with van der Waals surface area (Å²) in [5.41, 5.74) is 6.28. The predicted octanol–water partition coefficient (Wildman–Crippen LogP) is 1.76. The molecule has 2 N–H and O–H groups in total. The van der Waals surface area contributed by atoms with Gasteiger partial charge in [-0.2, -0.15) is 0 Å². The number of rotatable bonds is 5. The zero-order valence-corrected chi connectivity index (χ0v) is 10.4. The first kappa shape index (κ1) is 12.9. The van der Waals surface area contributed by atoms with Crippen LogP contribution in [0.2, 0.25) is 0 Å². The molecular formula is C12H14N4O3. The number of hydrogen-bond donors (Lipinski definition) is 1. The van der Waals surface area contributed by atoms with Gasteiger partial charge in [0, 0.05) is 6.92 Å². The normalized spacial score (nSPS) is 10.4. The minimum atomic E-state index is -0.461. The molecule has 0 aliphatic heterocycles. The monoisotopic (exact) mass is 262 g/mol. The quantitative estimate of drug-likeness (QED) is 0.503. The van der Waals surface area contributed by atoms with Crippen LogP contribution in [0.25, 0.3) is 0 Å². The Hall–Kier alpha value is -2.57. The fourth-order valence-electron chi connectivity index (χ4n) is 1.74. The summed E-state index contributed by atoms with van der Waals surface area (Å²) in [5.74, 6) is 1.11. The summed E-state index contributed by atoms with van der Waals surface area (Å²) in [6, 6.07) is 7.12. The van der Waals surface area contributed by atoms with Crippen LogP contribution in [0.3, 0.4) is 0 Å². The summed E-state index contributed by atoms with van der Waals surface area (Å²) < 4.78 is 7.00. The van der Waals surface area contributed by atoms with Gasteiger partial charge in [-0.1, -0.05) is 12.1 Å². The molecule has 0 aliphatic carbocycles. The second-order valence-corrected chi connectivity index (χ2v) is 3.96. The molecule has 1 aromatic heterocycles. The Labute approximate surface area is 109 Å². The molecule has 0 saturated carbocycles. The van der Waals surface area contributed by atoms with E-state index in [1.807, 2.05) is 12.1 Å². The van der Waals surface area contributed by atoms with Crippen LogP contribution >= 0.6 is 0 Å². The maximum atomic E-state index is 10.8. The van der Waals surface area contributed by atoms with E-state index in [0.717, 1.165) is 0 Å². The summed E-state index contributed by atoms with van der Waals surface area (Å²) in [5, 5.41) is 10.8. The van der Waals surface area contributed by atoms with Gasteiger partial charge in [-0.3, -0.25) is 0 Å². The van der Waals surface area contributed by atoms with E-state index in [2.05, 4.69) is 4.98 Å². The summed E-state index contributed by atoms with van der Waals surface area (Å²) in [4.78, 5) is 14.3. The van der Waals surface area contributed by atoms with Gasteiger partial charge in [0.25, 0.3) is 0 Å². The Morgan fingerprint density at radius 2 is 2.21 bits per heavy atom. The topological polar surface area (TPSA) is 96.2 Å². The van der Waals surface area contributed by atoms with Crippen LogP contribution < -0.4 is 10.5 Å². The Morgan fingerprint density at radius 1 is 1.47 bits per heavy atom. The van der Waals surface area contributed by atoms with Gasteiger partial charge in [-0.25, -0.2) is 9.55 Å². The maximum absolute atomic E-state index is 10.8. The van der Waals surface area contributed by atoms with Gasteiger partial charge in [0.15, 0.2) is 5.82 Å². The highest BCUT2D eigenvalue weighted by molar-refractivity contribution is 5.51. The lowest BCUT2D eigenvalue weighted by Gasteiger charge is -2.08. The van der Waals surface area contributed by atoms with E-state index in [9.17, 15) is 10.1 Å². The highest BCUT2D eigenvalue weighted by Crippen LogP contribution is 2.20. The van der Waals surface area contributed by atoms with Crippen molar-refractivity contribution < 1.29 is 9.66 Å². The van der Waals surface area contributed by atoms with E-state index in [4.69, 9.17) is 10.5 Å². The van der Waals surface area contributed by atoms with E-state index in [1.54, 1.807) is 19.1 Å². The molecule has 0 amide bonds. The zero-order chi connectivity index (χ0) is 13.8. The van der Waals surface area contributed by atoms with Gasteiger partial charge in [0.05, 0.1) is 5.69 Å². The SMILES string of the molecule is Cc1ncc([N+](=O)[O-])n1CCOc1ccccc1N. The van der Waals surface area contributed by atoms with Crippen LogP contribution in [0.1, 0.15) is 5.82 Å². The number of hydrogen-bond acceptors (Lipinski definition) is 5. The highest BCUT2D eigenvalue weighted by Gasteiger charge is 2.16. The summed E-state index contributed by atoms with van der Waals surface area (Å²) >= 11 is 0. The third-order valence-electron chi connectivity index (χ3n) is 2.71. The Morgan fingerprint density at radius 3 is 2.89 bits per heavy atom. The number of nitrogens with zero attached hydrogens (tertiary/aromatic N) is 3. The molecule has 0 bridgehead atoms. The molecule has 0 fully saturated rings. The molecule has 100 valence electrons. The number of nitro groups is 1. The van der Waals surface area contributed by atoms with E-state index >= 15 is 0 Å². The average Bonchev–Trinajstić information content (AvgIpc) is 2.74. The second kappa shape index (κ2) is 5.38. The number of aromatic nitrogens is 2. The summed E-state index contributed by atoms with van der Waals surface area (Å²) in [6.45, 7) is 2.34. The molecule has 1 aromatic carbocycles. The Bertz CT molecular complexity index is 594. The first-order chi connectivity index (χ1) is 9.09. The third-order valence-corrected chi connectivity index (χ3v) is 2.71. The van der Waals surface area contributed by atoms with Gasteiger partial charge in [-0.15, -0.1) is 0 Å². The highest BCUT2D eigenvalue weighted by atomic mass is 16.6. The number of aryl methyl sites for hydroxylation is 1. The molecule has 0 saturated heterocycles. The van der Waals surface area contributed by atoms with Crippen molar-refractivity contribution in [3.8, 4) is 5.75 Å². The molecule has 2 rings (SSSR count). The van der Waals surface area contributed by atoms with Crippen LogP contribution in [0.15, 0.2) is 30.5 Å². The van der Waals surface area contributed by atoms with Gasteiger partial charge in [-0.05, 0) is 17.1 Å². The van der Waals surface area contributed by atoms with Crippen LogP contribution in [-0.4, -0.2) is 21.1 Å². The Balaban J connectivity index is 2.02. The number of nitrogens with two attached hydrogens (primary N) is 1. The van der Waals surface area contributed by atoms with Gasteiger partial charge >= 0.3 is 5.82 Å². The molecule has 7 heteroatoms. The minimum Gasteiger partial charge on any atom is -0.487 e. The molecule has 1 heterocycles. The molecule has 19 heavy (non-hydrogen) atoms.